The van der Waals surface area contributed by atoms with Crippen LogP contribution in [0.15, 0.2) is 12.7 Å². The number of rotatable bonds is 3. The highest BCUT2D eigenvalue weighted by Crippen LogP contribution is 2.15. The number of hydrogen-bond acceptors (Lipinski definition) is 3. The highest BCUT2D eigenvalue weighted by atomic mass is 32.2. The fraction of sp³-hybridized carbons (Fsp3) is 0.750. The molecule has 0 amide bonds. The maximum absolute atomic E-state index is 11.1. The molecule has 0 N–H and O–H groups in total. The summed E-state index contributed by atoms with van der Waals surface area (Å²) in [5, 5.41) is -0.155. The van der Waals surface area contributed by atoms with Gasteiger partial charge in [-0.05, 0) is 13.0 Å². The van der Waals surface area contributed by atoms with Crippen LogP contribution in [0, 0.1) is 0 Å². The van der Waals surface area contributed by atoms with E-state index in [1.54, 1.807) is 0 Å². The third-order valence-corrected chi connectivity index (χ3v) is 3.82. The summed E-state index contributed by atoms with van der Waals surface area (Å²) >= 11 is 0. The second-order valence-corrected chi connectivity index (χ2v) is 5.61. The van der Waals surface area contributed by atoms with Crippen molar-refractivity contribution in [3.63, 3.8) is 0 Å². The van der Waals surface area contributed by atoms with E-state index in [1.165, 1.54) is 6.26 Å². The number of nitrogens with zero attached hydrogens (tertiary/aromatic N) is 1. The lowest BCUT2D eigenvalue weighted by molar-refractivity contribution is 0.377. The Bertz CT molecular complexity index is 258. The minimum Gasteiger partial charge on any atom is -0.298 e. The molecule has 0 aliphatic carbocycles. The first-order valence-corrected chi connectivity index (χ1v) is 6.01. The summed E-state index contributed by atoms with van der Waals surface area (Å²) in [7, 11) is -2.83. The fourth-order valence-electron chi connectivity index (χ4n) is 1.49. The van der Waals surface area contributed by atoms with Crippen LogP contribution in [0.1, 0.15) is 6.42 Å². The minimum atomic E-state index is -2.83. The van der Waals surface area contributed by atoms with Crippen LogP contribution in [0.25, 0.3) is 0 Å². The zero-order chi connectivity index (χ0) is 9.19. The van der Waals surface area contributed by atoms with Crippen molar-refractivity contribution in [1.82, 2.24) is 4.90 Å². The molecule has 1 heterocycles. The fourth-order valence-corrected chi connectivity index (χ4v) is 2.51. The molecule has 0 radical (unpaired) electrons. The molecular formula is C8H15NO2S. The van der Waals surface area contributed by atoms with Gasteiger partial charge in [-0.3, -0.25) is 4.90 Å². The van der Waals surface area contributed by atoms with Crippen LogP contribution in [-0.4, -0.2) is 44.5 Å². The second kappa shape index (κ2) is 3.58. The molecule has 1 atom stereocenters. The Morgan fingerprint density at radius 1 is 1.67 bits per heavy atom. The molecule has 1 aliphatic rings. The molecule has 0 aromatic carbocycles. The van der Waals surface area contributed by atoms with E-state index < -0.39 is 9.84 Å². The maximum Gasteiger partial charge on any atom is 0.151 e. The number of hydrogen-bond donors (Lipinski definition) is 0. The molecular weight excluding hydrogens is 174 g/mol. The molecule has 0 aromatic heterocycles. The van der Waals surface area contributed by atoms with Crippen LogP contribution in [0.2, 0.25) is 0 Å². The van der Waals surface area contributed by atoms with Crippen molar-refractivity contribution in [3.05, 3.63) is 12.7 Å². The largest absolute Gasteiger partial charge is 0.298 e. The quantitative estimate of drug-likeness (QED) is 0.599. The molecule has 70 valence electrons. The van der Waals surface area contributed by atoms with E-state index in [1.807, 2.05) is 6.08 Å². The molecule has 3 nitrogen and oxygen atoms in total. The van der Waals surface area contributed by atoms with E-state index in [4.69, 9.17) is 0 Å². The summed E-state index contributed by atoms with van der Waals surface area (Å²) in [6, 6.07) is 0. The predicted octanol–water partition coefficient (Wildman–Crippen LogP) is 0.291. The Kier molecular flexibility index (Phi) is 2.90. The van der Waals surface area contributed by atoms with Gasteiger partial charge < -0.3 is 0 Å². The molecule has 0 aromatic rings. The van der Waals surface area contributed by atoms with E-state index in [0.29, 0.717) is 6.54 Å². The molecule has 0 spiro atoms. The van der Waals surface area contributed by atoms with Gasteiger partial charge in [-0.15, -0.1) is 6.58 Å². The first-order valence-electron chi connectivity index (χ1n) is 4.06. The van der Waals surface area contributed by atoms with Gasteiger partial charge in [0, 0.05) is 19.3 Å². The van der Waals surface area contributed by atoms with Crippen LogP contribution in [0.5, 0.6) is 0 Å². The van der Waals surface area contributed by atoms with Gasteiger partial charge in [-0.2, -0.15) is 0 Å². The summed E-state index contributed by atoms with van der Waals surface area (Å²) in [6.45, 7) is 5.97. The monoisotopic (exact) mass is 189 g/mol. The van der Waals surface area contributed by atoms with Crippen molar-refractivity contribution in [2.24, 2.45) is 0 Å². The van der Waals surface area contributed by atoms with Crippen molar-refractivity contribution in [1.29, 1.82) is 0 Å². The molecule has 0 saturated carbocycles. The topological polar surface area (TPSA) is 37.4 Å². The summed E-state index contributed by atoms with van der Waals surface area (Å²) < 4.78 is 22.3. The van der Waals surface area contributed by atoms with Crippen molar-refractivity contribution >= 4 is 9.84 Å². The SMILES string of the molecule is C=CCN1CCC(S(C)(=O)=O)C1. The van der Waals surface area contributed by atoms with E-state index in [2.05, 4.69) is 11.5 Å². The molecule has 1 aliphatic heterocycles. The van der Waals surface area contributed by atoms with Crippen LogP contribution >= 0.6 is 0 Å². The average Bonchev–Trinajstić information content (AvgIpc) is 2.35. The molecule has 1 rings (SSSR count). The Labute approximate surface area is 74.0 Å². The van der Waals surface area contributed by atoms with Gasteiger partial charge in [0.15, 0.2) is 9.84 Å². The number of likely N-dealkylation sites (tertiary alicyclic amines) is 1. The van der Waals surface area contributed by atoms with Gasteiger partial charge >= 0.3 is 0 Å². The standard InChI is InChI=1S/C8H15NO2S/c1-3-5-9-6-4-8(7-9)12(2,10)11/h3,8H,1,4-7H2,2H3. The molecule has 1 fully saturated rings. The lowest BCUT2D eigenvalue weighted by Crippen LogP contribution is -2.26. The van der Waals surface area contributed by atoms with Gasteiger partial charge in [0.1, 0.15) is 0 Å². The summed E-state index contributed by atoms with van der Waals surface area (Å²) in [6.07, 6.45) is 3.90. The summed E-state index contributed by atoms with van der Waals surface area (Å²) in [5.74, 6) is 0. The lowest BCUT2D eigenvalue weighted by atomic mass is 10.4. The maximum atomic E-state index is 11.1. The Hall–Kier alpha value is -0.350. The van der Waals surface area contributed by atoms with Crippen molar-refractivity contribution in [2.45, 2.75) is 11.7 Å². The summed E-state index contributed by atoms with van der Waals surface area (Å²) in [5.41, 5.74) is 0. The van der Waals surface area contributed by atoms with E-state index in [0.717, 1.165) is 19.5 Å². The van der Waals surface area contributed by atoms with Crippen LogP contribution < -0.4 is 0 Å². The normalized spacial score (nSPS) is 25.9. The van der Waals surface area contributed by atoms with Crippen molar-refractivity contribution in [3.8, 4) is 0 Å². The summed E-state index contributed by atoms with van der Waals surface area (Å²) in [4.78, 5) is 2.11. The van der Waals surface area contributed by atoms with Gasteiger partial charge in [0.05, 0.1) is 5.25 Å². The van der Waals surface area contributed by atoms with Crippen molar-refractivity contribution < 1.29 is 8.42 Å². The van der Waals surface area contributed by atoms with E-state index >= 15 is 0 Å². The van der Waals surface area contributed by atoms with Gasteiger partial charge in [0.25, 0.3) is 0 Å². The Balaban J connectivity index is 2.51. The molecule has 1 unspecified atom stereocenters. The van der Waals surface area contributed by atoms with Crippen LogP contribution in [-0.2, 0) is 9.84 Å². The molecule has 4 heteroatoms. The highest BCUT2D eigenvalue weighted by molar-refractivity contribution is 7.91. The van der Waals surface area contributed by atoms with Gasteiger partial charge in [-0.25, -0.2) is 8.42 Å². The molecule has 12 heavy (non-hydrogen) atoms. The third kappa shape index (κ3) is 2.32. The van der Waals surface area contributed by atoms with E-state index in [9.17, 15) is 8.42 Å². The highest BCUT2D eigenvalue weighted by Gasteiger charge is 2.28. The lowest BCUT2D eigenvalue weighted by Gasteiger charge is -2.11. The van der Waals surface area contributed by atoms with Crippen LogP contribution in [0.4, 0.5) is 0 Å². The van der Waals surface area contributed by atoms with E-state index in [-0.39, 0.29) is 5.25 Å². The van der Waals surface area contributed by atoms with Gasteiger partial charge in [0.2, 0.25) is 0 Å². The zero-order valence-electron chi connectivity index (χ0n) is 7.36. The smallest absolute Gasteiger partial charge is 0.151 e. The first kappa shape index (κ1) is 9.74. The Morgan fingerprint density at radius 2 is 2.33 bits per heavy atom. The zero-order valence-corrected chi connectivity index (χ0v) is 8.18. The third-order valence-electron chi connectivity index (χ3n) is 2.22. The molecule has 0 bridgehead atoms. The number of sulfone groups is 1. The average molecular weight is 189 g/mol. The first-order chi connectivity index (χ1) is 5.54. The second-order valence-electron chi connectivity index (χ2n) is 3.29. The van der Waals surface area contributed by atoms with Crippen LogP contribution in [0.3, 0.4) is 0 Å². The minimum absolute atomic E-state index is 0.155. The Morgan fingerprint density at radius 3 is 2.75 bits per heavy atom. The van der Waals surface area contributed by atoms with Crippen molar-refractivity contribution in [2.75, 3.05) is 25.9 Å². The predicted molar refractivity (Wildman–Crippen MR) is 49.9 cm³/mol. The van der Waals surface area contributed by atoms with Gasteiger partial charge in [-0.1, -0.05) is 6.08 Å². The molecule has 1 saturated heterocycles.